The number of benzene rings is 1. The van der Waals surface area contributed by atoms with Gasteiger partial charge in [0.05, 0.1) is 11.3 Å². The van der Waals surface area contributed by atoms with Crippen molar-refractivity contribution in [3.63, 3.8) is 0 Å². The smallest absolute Gasteiger partial charge is 0.100 e. The van der Waals surface area contributed by atoms with Gasteiger partial charge in [0.2, 0.25) is 0 Å². The maximum atomic E-state index is 10.5. The minimum atomic E-state index is 0.0287. The van der Waals surface area contributed by atoms with Crippen LogP contribution in [0.15, 0.2) is 35.6 Å². The minimum Gasteiger partial charge on any atom is -0.246 e. The van der Waals surface area contributed by atoms with Crippen molar-refractivity contribution >= 4 is 0 Å². The van der Waals surface area contributed by atoms with Gasteiger partial charge in [-0.2, -0.15) is 0 Å². The Morgan fingerprint density at radius 2 is 2.13 bits per heavy atom. The first-order chi connectivity index (χ1) is 7.27. The van der Waals surface area contributed by atoms with Crippen LogP contribution in [0.3, 0.4) is 0 Å². The Hall–Kier alpha value is -1.82. The molecule has 15 heavy (non-hydrogen) atoms. The monoisotopic (exact) mass is 202 g/mol. The normalized spacial score (nSPS) is 11.5. The predicted molar refractivity (Wildman–Crippen MR) is 60.9 cm³/mol. The van der Waals surface area contributed by atoms with Crippen LogP contribution in [0.5, 0.6) is 0 Å². The Morgan fingerprint density at radius 1 is 1.47 bits per heavy atom. The zero-order chi connectivity index (χ0) is 11.1. The lowest BCUT2D eigenvalue weighted by Crippen LogP contribution is -2.29. The second kappa shape index (κ2) is 5.82. The summed E-state index contributed by atoms with van der Waals surface area (Å²) in [6.07, 6.45) is 5.92. The predicted octanol–water partition coefficient (Wildman–Crippen LogP) is 2.23. The molecule has 0 aromatic heterocycles. The van der Waals surface area contributed by atoms with Gasteiger partial charge in [0, 0.05) is 0 Å². The van der Waals surface area contributed by atoms with E-state index < -0.39 is 0 Å². The lowest BCUT2D eigenvalue weighted by atomic mass is 10.1. The van der Waals surface area contributed by atoms with E-state index in [2.05, 4.69) is 11.2 Å². The summed E-state index contributed by atoms with van der Waals surface area (Å²) in [5.41, 5.74) is 1.18. The molecule has 3 heteroatoms. The Labute approximate surface area is 90.0 Å². The fourth-order valence-corrected chi connectivity index (χ4v) is 1.42. The number of nitroso groups, excluding NO2 is 1. The molecule has 0 fully saturated rings. The highest BCUT2D eigenvalue weighted by Crippen LogP contribution is 2.08. The number of nitrogens with zero attached hydrogens (tertiary/aromatic N) is 2. The van der Waals surface area contributed by atoms with Crippen LogP contribution < -0.4 is 0 Å². The fourth-order valence-electron chi connectivity index (χ4n) is 1.42. The molecule has 0 N–H and O–H groups in total. The largest absolute Gasteiger partial charge is 0.246 e. The molecule has 78 valence electrons. The Bertz CT molecular complexity index is 342. The molecule has 1 atom stereocenters. The van der Waals surface area contributed by atoms with E-state index in [-0.39, 0.29) is 12.6 Å². The number of terminal acetylenes is 1. The number of hydrogen-bond donors (Lipinski definition) is 0. The molecule has 0 aliphatic heterocycles. The first kappa shape index (κ1) is 11.3. The molecule has 3 nitrogen and oxygen atoms in total. The van der Waals surface area contributed by atoms with Gasteiger partial charge >= 0.3 is 0 Å². The van der Waals surface area contributed by atoms with Gasteiger partial charge < -0.3 is 0 Å². The summed E-state index contributed by atoms with van der Waals surface area (Å²) < 4.78 is 0. The van der Waals surface area contributed by atoms with Crippen molar-refractivity contribution in [3.8, 4) is 12.3 Å². The summed E-state index contributed by atoms with van der Waals surface area (Å²) >= 11 is 0. The summed E-state index contributed by atoms with van der Waals surface area (Å²) in [5, 5.41) is 4.30. The second-order valence-corrected chi connectivity index (χ2v) is 3.42. The summed E-state index contributed by atoms with van der Waals surface area (Å²) in [5.74, 6) is 2.42. The Kier molecular flexibility index (Phi) is 4.36. The van der Waals surface area contributed by atoms with Gasteiger partial charge in [-0.05, 0) is 18.9 Å². The molecule has 1 rings (SSSR count). The lowest BCUT2D eigenvalue weighted by molar-refractivity contribution is 0.241. The molecule has 0 aliphatic rings. The standard InChI is InChI=1S/C12H14N2O/c1-3-9-14(13-15)11(2)10-12-7-5-4-6-8-12/h1,4-8,11H,9-10H2,2H3. The summed E-state index contributed by atoms with van der Waals surface area (Å²) in [6, 6.07) is 9.99. The maximum Gasteiger partial charge on any atom is 0.100 e. The van der Waals surface area contributed by atoms with E-state index in [9.17, 15) is 4.91 Å². The first-order valence-corrected chi connectivity index (χ1v) is 4.85. The van der Waals surface area contributed by atoms with Crippen LogP contribution in [0.4, 0.5) is 0 Å². The third kappa shape index (κ3) is 3.43. The molecule has 1 aromatic rings. The van der Waals surface area contributed by atoms with Gasteiger partial charge in [0.15, 0.2) is 0 Å². The van der Waals surface area contributed by atoms with Crippen LogP contribution in [0, 0.1) is 17.3 Å². The van der Waals surface area contributed by atoms with Crippen LogP contribution in [-0.4, -0.2) is 17.6 Å². The van der Waals surface area contributed by atoms with E-state index in [1.54, 1.807) is 0 Å². The van der Waals surface area contributed by atoms with E-state index in [0.29, 0.717) is 0 Å². The molecule has 0 aliphatic carbocycles. The van der Waals surface area contributed by atoms with Crippen LogP contribution >= 0.6 is 0 Å². The van der Waals surface area contributed by atoms with Crippen molar-refractivity contribution in [1.82, 2.24) is 5.01 Å². The van der Waals surface area contributed by atoms with Crippen molar-refractivity contribution in [2.45, 2.75) is 19.4 Å². The van der Waals surface area contributed by atoms with Crippen molar-refractivity contribution in [1.29, 1.82) is 0 Å². The topological polar surface area (TPSA) is 32.7 Å². The van der Waals surface area contributed by atoms with Crippen molar-refractivity contribution < 1.29 is 0 Å². The molecule has 0 amide bonds. The number of hydrogen-bond acceptors (Lipinski definition) is 2. The highest BCUT2D eigenvalue weighted by atomic mass is 16.3. The van der Waals surface area contributed by atoms with Crippen molar-refractivity contribution in [2.24, 2.45) is 5.29 Å². The van der Waals surface area contributed by atoms with E-state index in [4.69, 9.17) is 6.42 Å². The third-order valence-electron chi connectivity index (χ3n) is 2.24. The molecule has 0 radical (unpaired) electrons. The van der Waals surface area contributed by atoms with E-state index in [1.165, 1.54) is 10.6 Å². The fraction of sp³-hybridized carbons (Fsp3) is 0.333. The van der Waals surface area contributed by atoms with Crippen LogP contribution in [0.25, 0.3) is 0 Å². The third-order valence-corrected chi connectivity index (χ3v) is 2.24. The molecule has 0 heterocycles. The summed E-state index contributed by atoms with van der Waals surface area (Å²) in [7, 11) is 0. The van der Waals surface area contributed by atoms with Crippen LogP contribution in [0.1, 0.15) is 12.5 Å². The first-order valence-electron chi connectivity index (χ1n) is 4.85. The van der Waals surface area contributed by atoms with Gasteiger partial charge in [-0.3, -0.25) is 0 Å². The van der Waals surface area contributed by atoms with Crippen molar-refractivity contribution in [2.75, 3.05) is 6.54 Å². The van der Waals surface area contributed by atoms with Gasteiger partial charge in [0.25, 0.3) is 0 Å². The molecule has 0 saturated carbocycles. The second-order valence-electron chi connectivity index (χ2n) is 3.42. The maximum absolute atomic E-state index is 10.5. The molecule has 1 unspecified atom stereocenters. The average molecular weight is 202 g/mol. The molecule has 0 spiro atoms. The lowest BCUT2D eigenvalue weighted by Gasteiger charge is -2.20. The molecular weight excluding hydrogens is 188 g/mol. The molecule has 0 bridgehead atoms. The summed E-state index contributed by atoms with van der Waals surface area (Å²) in [6.45, 7) is 2.20. The Balaban J connectivity index is 2.58. The van der Waals surface area contributed by atoms with Gasteiger partial charge in [0.1, 0.15) is 6.54 Å². The van der Waals surface area contributed by atoms with Gasteiger partial charge in [-0.1, -0.05) is 36.3 Å². The zero-order valence-electron chi connectivity index (χ0n) is 8.76. The molecule has 0 saturated heterocycles. The SMILES string of the molecule is C#CCN(N=O)C(C)Cc1ccccc1. The minimum absolute atomic E-state index is 0.0287. The van der Waals surface area contributed by atoms with Crippen LogP contribution in [0.2, 0.25) is 0 Å². The molecule has 1 aromatic carbocycles. The summed E-state index contributed by atoms with van der Waals surface area (Å²) in [4.78, 5) is 10.5. The number of rotatable bonds is 5. The van der Waals surface area contributed by atoms with E-state index in [0.717, 1.165) is 6.42 Å². The van der Waals surface area contributed by atoms with E-state index >= 15 is 0 Å². The van der Waals surface area contributed by atoms with Crippen molar-refractivity contribution in [3.05, 3.63) is 40.8 Å². The van der Waals surface area contributed by atoms with Gasteiger partial charge in [-0.15, -0.1) is 11.3 Å². The molecular formula is C12H14N2O. The highest BCUT2D eigenvalue weighted by Gasteiger charge is 2.11. The van der Waals surface area contributed by atoms with Crippen LogP contribution in [-0.2, 0) is 6.42 Å². The average Bonchev–Trinajstić information content (AvgIpc) is 2.27. The highest BCUT2D eigenvalue weighted by molar-refractivity contribution is 5.15. The Morgan fingerprint density at radius 3 is 2.67 bits per heavy atom. The quantitative estimate of drug-likeness (QED) is 0.416. The van der Waals surface area contributed by atoms with E-state index in [1.807, 2.05) is 37.3 Å². The zero-order valence-corrected chi connectivity index (χ0v) is 8.76. The van der Waals surface area contributed by atoms with Gasteiger partial charge in [-0.25, -0.2) is 5.01 Å².